The SMILES string of the molecule is CC(C)(C)c1ncc(N)o1. The van der Waals surface area contributed by atoms with Gasteiger partial charge in [0, 0.05) is 5.41 Å². The largest absolute Gasteiger partial charge is 0.425 e. The van der Waals surface area contributed by atoms with Crippen LogP contribution in [0, 0.1) is 0 Å². The van der Waals surface area contributed by atoms with Crippen LogP contribution >= 0.6 is 0 Å². The zero-order valence-electron chi connectivity index (χ0n) is 6.51. The second-order valence-corrected chi connectivity index (χ2v) is 3.32. The van der Waals surface area contributed by atoms with Crippen molar-refractivity contribution in [3.05, 3.63) is 12.1 Å². The van der Waals surface area contributed by atoms with Crippen molar-refractivity contribution in [2.75, 3.05) is 5.73 Å². The van der Waals surface area contributed by atoms with Crippen LogP contribution in [0.2, 0.25) is 0 Å². The first-order valence-corrected chi connectivity index (χ1v) is 3.22. The zero-order chi connectivity index (χ0) is 7.78. The molecule has 2 N–H and O–H groups in total. The van der Waals surface area contributed by atoms with Crippen molar-refractivity contribution in [3.63, 3.8) is 0 Å². The maximum Gasteiger partial charge on any atom is 0.211 e. The van der Waals surface area contributed by atoms with Crippen LogP contribution in [0.15, 0.2) is 10.6 Å². The van der Waals surface area contributed by atoms with E-state index in [4.69, 9.17) is 10.2 Å². The Morgan fingerprint density at radius 3 is 2.30 bits per heavy atom. The van der Waals surface area contributed by atoms with Gasteiger partial charge < -0.3 is 10.2 Å². The van der Waals surface area contributed by atoms with E-state index in [2.05, 4.69) is 4.98 Å². The van der Waals surface area contributed by atoms with Crippen LogP contribution in [0.4, 0.5) is 5.88 Å². The molecule has 3 nitrogen and oxygen atoms in total. The minimum Gasteiger partial charge on any atom is -0.425 e. The van der Waals surface area contributed by atoms with Gasteiger partial charge in [-0.1, -0.05) is 20.8 Å². The Morgan fingerprint density at radius 2 is 2.10 bits per heavy atom. The van der Waals surface area contributed by atoms with Crippen LogP contribution in [0.5, 0.6) is 0 Å². The summed E-state index contributed by atoms with van der Waals surface area (Å²) < 4.78 is 5.11. The van der Waals surface area contributed by atoms with Gasteiger partial charge in [0.05, 0.1) is 6.20 Å². The Kier molecular flexibility index (Phi) is 1.43. The number of rotatable bonds is 0. The quantitative estimate of drug-likeness (QED) is 0.594. The number of nitrogens with zero attached hydrogens (tertiary/aromatic N) is 1. The minimum absolute atomic E-state index is 0.0440. The Balaban J connectivity index is 2.96. The molecule has 3 heteroatoms. The second-order valence-electron chi connectivity index (χ2n) is 3.32. The molecule has 0 spiro atoms. The molecule has 1 heterocycles. The summed E-state index contributed by atoms with van der Waals surface area (Å²) in [5.41, 5.74) is 5.30. The fourth-order valence-electron chi connectivity index (χ4n) is 0.633. The summed E-state index contributed by atoms with van der Waals surface area (Å²) in [7, 11) is 0. The molecule has 1 aromatic rings. The molecule has 0 aliphatic heterocycles. The highest BCUT2D eigenvalue weighted by molar-refractivity contribution is 5.19. The van der Waals surface area contributed by atoms with Crippen LogP contribution in [-0.4, -0.2) is 4.98 Å². The number of oxazole rings is 1. The summed E-state index contributed by atoms with van der Waals surface area (Å²) in [4.78, 5) is 4.00. The van der Waals surface area contributed by atoms with Gasteiger partial charge >= 0.3 is 0 Å². The van der Waals surface area contributed by atoms with Gasteiger partial charge in [0.2, 0.25) is 11.8 Å². The van der Waals surface area contributed by atoms with Gasteiger partial charge in [-0.25, -0.2) is 4.98 Å². The second kappa shape index (κ2) is 2.01. The highest BCUT2D eigenvalue weighted by atomic mass is 16.4. The van der Waals surface area contributed by atoms with E-state index in [0.29, 0.717) is 11.8 Å². The molecule has 0 aromatic carbocycles. The summed E-state index contributed by atoms with van der Waals surface area (Å²) in [6.07, 6.45) is 1.53. The standard InChI is InChI=1S/C7H12N2O/c1-7(2,3)6-9-4-5(8)10-6/h4H,8H2,1-3H3. The first-order chi connectivity index (χ1) is 4.50. The average molecular weight is 140 g/mol. The van der Waals surface area contributed by atoms with E-state index < -0.39 is 0 Å². The molecule has 0 aliphatic rings. The molecule has 0 bridgehead atoms. The van der Waals surface area contributed by atoms with Crippen molar-refractivity contribution in [1.82, 2.24) is 4.98 Å². The van der Waals surface area contributed by atoms with Crippen molar-refractivity contribution >= 4 is 5.88 Å². The monoisotopic (exact) mass is 140 g/mol. The Hall–Kier alpha value is -0.990. The van der Waals surface area contributed by atoms with Crippen molar-refractivity contribution < 1.29 is 4.42 Å². The Bertz CT molecular complexity index is 222. The highest BCUT2D eigenvalue weighted by Crippen LogP contribution is 2.21. The molecule has 10 heavy (non-hydrogen) atoms. The molecule has 0 fully saturated rings. The fourth-order valence-corrected chi connectivity index (χ4v) is 0.633. The maximum absolute atomic E-state index is 5.35. The molecule has 0 atom stereocenters. The predicted molar refractivity (Wildman–Crippen MR) is 39.6 cm³/mol. The highest BCUT2D eigenvalue weighted by Gasteiger charge is 2.19. The molecule has 1 aromatic heterocycles. The van der Waals surface area contributed by atoms with Crippen LogP contribution in [-0.2, 0) is 5.41 Å². The average Bonchev–Trinajstić information content (AvgIpc) is 2.11. The molecule has 0 saturated carbocycles. The van der Waals surface area contributed by atoms with E-state index in [1.807, 2.05) is 20.8 Å². The molecule has 0 saturated heterocycles. The lowest BCUT2D eigenvalue weighted by Gasteiger charge is -2.11. The number of hydrogen-bond donors (Lipinski definition) is 1. The van der Waals surface area contributed by atoms with Crippen LogP contribution in [0.25, 0.3) is 0 Å². The summed E-state index contributed by atoms with van der Waals surface area (Å²) in [5, 5.41) is 0. The van der Waals surface area contributed by atoms with Gasteiger partial charge in [0.1, 0.15) is 0 Å². The number of aromatic nitrogens is 1. The molecule has 0 unspecified atom stereocenters. The lowest BCUT2D eigenvalue weighted by Crippen LogP contribution is -2.10. The molecule has 0 radical (unpaired) electrons. The van der Waals surface area contributed by atoms with E-state index in [1.54, 1.807) is 0 Å². The van der Waals surface area contributed by atoms with E-state index in [0.717, 1.165) is 0 Å². The molecule has 1 rings (SSSR count). The third kappa shape index (κ3) is 1.29. The summed E-state index contributed by atoms with van der Waals surface area (Å²) in [6, 6.07) is 0. The van der Waals surface area contributed by atoms with Gasteiger partial charge in [-0.05, 0) is 0 Å². The minimum atomic E-state index is -0.0440. The molecule has 56 valence electrons. The Labute approximate surface area is 60.2 Å². The van der Waals surface area contributed by atoms with Crippen molar-refractivity contribution in [1.29, 1.82) is 0 Å². The summed E-state index contributed by atoms with van der Waals surface area (Å²) in [5.74, 6) is 1.06. The normalized spacial score (nSPS) is 11.9. The fraction of sp³-hybridized carbons (Fsp3) is 0.571. The van der Waals surface area contributed by atoms with Gasteiger partial charge in [-0.2, -0.15) is 0 Å². The van der Waals surface area contributed by atoms with Gasteiger partial charge in [0.25, 0.3) is 0 Å². The Morgan fingerprint density at radius 1 is 1.50 bits per heavy atom. The van der Waals surface area contributed by atoms with Crippen molar-refractivity contribution in [2.24, 2.45) is 0 Å². The number of nitrogens with two attached hydrogens (primary N) is 1. The van der Waals surface area contributed by atoms with E-state index in [1.165, 1.54) is 6.20 Å². The lowest BCUT2D eigenvalue weighted by atomic mass is 9.97. The zero-order valence-corrected chi connectivity index (χ0v) is 6.51. The number of anilines is 1. The van der Waals surface area contributed by atoms with Crippen LogP contribution in [0.1, 0.15) is 26.7 Å². The molecule has 0 amide bonds. The van der Waals surface area contributed by atoms with E-state index in [-0.39, 0.29) is 5.41 Å². The molecular weight excluding hydrogens is 128 g/mol. The molecular formula is C7H12N2O. The van der Waals surface area contributed by atoms with E-state index in [9.17, 15) is 0 Å². The third-order valence-corrected chi connectivity index (χ3v) is 1.17. The van der Waals surface area contributed by atoms with E-state index >= 15 is 0 Å². The smallest absolute Gasteiger partial charge is 0.211 e. The van der Waals surface area contributed by atoms with Gasteiger partial charge in [0.15, 0.2) is 0 Å². The number of hydrogen-bond acceptors (Lipinski definition) is 3. The first kappa shape index (κ1) is 7.12. The lowest BCUT2D eigenvalue weighted by molar-refractivity contribution is 0.401. The van der Waals surface area contributed by atoms with Gasteiger partial charge in [-0.15, -0.1) is 0 Å². The summed E-state index contributed by atoms with van der Waals surface area (Å²) in [6.45, 7) is 6.08. The summed E-state index contributed by atoms with van der Waals surface area (Å²) >= 11 is 0. The third-order valence-electron chi connectivity index (χ3n) is 1.17. The first-order valence-electron chi connectivity index (χ1n) is 3.22. The van der Waals surface area contributed by atoms with Crippen molar-refractivity contribution in [2.45, 2.75) is 26.2 Å². The van der Waals surface area contributed by atoms with Crippen LogP contribution < -0.4 is 5.73 Å². The topological polar surface area (TPSA) is 52.0 Å². The van der Waals surface area contributed by atoms with Crippen molar-refractivity contribution in [3.8, 4) is 0 Å². The number of nitrogen functional groups attached to an aromatic ring is 1. The maximum atomic E-state index is 5.35. The molecule has 0 aliphatic carbocycles. The van der Waals surface area contributed by atoms with Gasteiger partial charge in [-0.3, -0.25) is 0 Å². The predicted octanol–water partition coefficient (Wildman–Crippen LogP) is 1.55. The van der Waals surface area contributed by atoms with Crippen LogP contribution in [0.3, 0.4) is 0 Å².